The van der Waals surface area contributed by atoms with Gasteiger partial charge < -0.3 is 10.2 Å². The molecule has 32 heavy (non-hydrogen) atoms. The molecule has 1 atom stereocenters. The number of nitrogens with zero attached hydrogens (tertiary/aromatic N) is 1. The van der Waals surface area contributed by atoms with Crippen LogP contribution in [0.15, 0.2) is 59.5 Å². The Bertz CT molecular complexity index is 1260. The van der Waals surface area contributed by atoms with E-state index in [1.54, 1.807) is 12.1 Å². The van der Waals surface area contributed by atoms with Gasteiger partial charge in [0.05, 0.1) is 11.3 Å². The van der Waals surface area contributed by atoms with E-state index in [1.165, 1.54) is 40.0 Å². The fraction of sp³-hybridized carbons (Fsp3) is 0.200. The van der Waals surface area contributed by atoms with Gasteiger partial charge in [-0.15, -0.1) is 11.3 Å². The number of ketones is 1. The van der Waals surface area contributed by atoms with Crippen LogP contribution in [-0.4, -0.2) is 21.9 Å². The Morgan fingerprint density at radius 3 is 2.56 bits per heavy atom. The molecular weight excluding hydrogens is 446 g/mol. The van der Waals surface area contributed by atoms with Crippen LogP contribution in [0.25, 0.3) is 5.76 Å². The maximum Gasteiger partial charge on any atom is 0.300 e. The monoisotopic (exact) mass is 465 g/mol. The van der Waals surface area contributed by atoms with E-state index in [4.69, 9.17) is 11.6 Å². The van der Waals surface area contributed by atoms with Gasteiger partial charge in [0.2, 0.25) is 0 Å². The number of benzene rings is 2. The van der Waals surface area contributed by atoms with Crippen molar-refractivity contribution in [1.82, 2.24) is 0 Å². The van der Waals surface area contributed by atoms with Crippen molar-refractivity contribution in [1.29, 1.82) is 0 Å². The van der Waals surface area contributed by atoms with Gasteiger partial charge in [-0.2, -0.15) is 0 Å². The van der Waals surface area contributed by atoms with Gasteiger partial charge in [0.1, 0.15) is 17.6 Å². The highest BCUT2D eigenvalue weighted by molar-refractivity contribution is 7.10. The average Bonchev–Trinajstić information content (AvgIpc) is 3.42. The summed E-state index contributed by atoms with van der Waals surface area (Å²) in [5.41, 5.74) is 3.07. The van der Waals surface area contributed by atoms with Crippen LogP contribution in [0.3, 0.4) is 0 Å². The predicted octanol–water partition coefficient (Wildman–Crippen LogP) is 5.61. The fourth-order valence-corrected chi connectivity index (χ4v) is 5.51. The molecule has 1 fully saturated rings. The summed E-state index contributed by atoms with van der Waals surface area (Å²) in [6, 6.07) is 12.8. The largest absolute Gasteiger partial charge is 0.507 e. The first-order valence-corrected chi connectivity index (χ1v) is 11.7. The summed E-state index contributed by atoms with van der Waals surface area (Å²) < 4.78 is 0. The molecule has 0 radical (unpaired) electrons. The number of halogens is 1. The standard InChI is InChI=1S/C25H20ClNO4S/c26-17-9-10-19(28)18(13-17)27-22(20-6-3-11-32-20)21(24(30)25(27)31)23(29)16-8-7-14-4-1-2-5-15(14)12-16/h3,6-13,22,28-29H,1-2,4-5H2/b23-21-. The number of carbonyl (C=O) groups is 2. The van der Waals surface area contributed by atoms with E-state index in [2.05, 4.69) is 0 Å². The first-order chi connectivity index (χ1) is 15.5. The van der Waals surface area contributed by atoms with Crippen molar-refractivity contribution in [3.05, 3.63) is 86.1 Å². The van der Waals surface area contributed by atoms with Gasteiger partial charge in [-0.1, -0.05) is 29.8 Å². The van der Waals surface area contributed by atoms with E-state index in [-0.39, 0.29) is 22.8 Å². The van der Waals surface area contributed by atoms with Crippen LogP contribution in [0.4, 0.5) is 5.69 Å². The second-order valence-electron chi connectivity index (χ2n) is 8.01. The number of aromatic hydroxyl groups is 1. The number of aliphatic hydroxyl groups excluding tert-OH is 1. The Morgan fingerprint density at radius 1 is 1.03 bits per heavy atom. The summed E-state index contributed by atoms with van der Waals surface area (Å²) in [7, 11) is 0. The molecule has 1 aliphatic carbocycles. The molecule has 162 valence electrons. The molecule has 5 rings (SSSR count). The second-order valence-corrected chi connectivity index (χ2v) is 9.42. The van der Waals surface area contributed by atoms with Crippen molar-refractivity contribution < 1.29 is 19.8 Å². The Kier molecular flexibility index (Phi) is 5.27. The average molecular weight is 466 g/mol. The number of rotatable bonds is 3. The second kappa shape index (κ2) is 8.11. The third kappa shape index (κ3) is 3.40. The third-order valence-electron chi connectivity index (χ3n) is 6.08. The van der Waals surface area contributed by atoms with Crippen molar-refractivity contribution in [2.45, 2.75) is 31.7 Å². The molecule has 3 aromatic rings. The molecule has 1 unspecified atom stereocenters. The minimum atomic E-state index is -0.865. The van der Waals surface area contributed by atoms with Gasteiger partial charge in [0.25, 0.3) is 11.7 Å². The molecule has 1 aliphatic heterocycles. The first-order valence-electron chi connectivity index (χ1n) is 10.4. The lowest BCUT2D eigenvalue weighted by Crippen LogP contribution is -2.29. The Labute approximate surface area is 194 Å². The molecule has 0 bridgehead atoms. The SMILES string of the molecule is O=C1C(=O)N(c2cc(Cl)ccc2O)C(c2cccs2)/C1=C(/O)c1ccc2c(c1)CCCC2. The van der Waals surface area contributed by atoms with Crippen molar-refractivity contribution in [3.63, 3.8) is 0 Å². The molecule has 0 saturated carbocycles. The molecule has 0 spiro atoms. The molecule has 1 aromatic heterocycles. The Hall–Kier alpha value is -3.09. The predicted molar refractivity (Wildman–Crippen MR) is 125 cm³/mol. The van der Waals surface area contributed by atoms with E-state index in [9.17, 15) is 19.8 Å². The lowest BCUT2D eigenvalue weighted by molar-refractivity contribution is -0.132. The molecule has 2 heterocycles. The molecule has 2 aliphatic rings. The number of phenolic OH excluding ortho intramolecular Hbond substituents is 1. The number of anilines is 1. The number of aryl methyl sites for hydroxylation is 2. The number of aliphatic hydroxyl groups is 1. The lowest BCUT2D eigenvalue weighted by Gasteiger charge is -2.25. The topological polar surface area (TPSA) is 77.8 Å². The molecule has 1 amide bonds. The molecule has 2 aromatic carbocycles. The van der Waals surface area contributed by atoms with Crippen molar-refractivity contribution in [2.75, 3.05) is 4.90 Å². The van der Waals surface area contributed by atoms with Crippen LogP contribution in [0.2, 0.25) is 5.02 Å². The van der Waals surface area contributed by atoms with Gasteiger partial charge in [-0.25, -0.2) is 0 Å². The van der Waals surface area contributed by atoms with Crippen molar-refractivity contribution in [3.8, 4) is 5.75 Å². The van der Waals surface area contributed by atoms with Crippen LogP contribution >= 0.6 is 22.9 Å². The van der Waals surface area contributed by atoms with Crippen molar-refractivity contribution in [2.24, 2.45) is 0 Å². The van der Waals surface area contributed by atoms with Gasteiger partial charge in [0, 0.05) is 15.5 Å². The maximum atomic E-state index is 13.2. The highest BCUT2D eigenvalue weighted by Crippen LogP contribution is 2.46. The summed E-state index contributed by atoms with van der Waals surface area (Å²) >= 11 is 7.49. The quantitative estimate of drug-likeness (QED) is 0.299. The van der Waals surface area contributed by atoms with E-state index >= 15 is 0 Å². The third-order valence-corrected chi connectivity index (χ3v) is 7.24. The molecule has 1 saturated heterocycles. The fourth-order valence-electron chi connectivity index (χ4n) is 4.52. The number of thiophene rings is 1. The summed E-state index contributed by atoms with van der Waals surface area (Å²) in [6.07, 6.45) is 4.16. The Balaban J connectivity index is 1.70. The van der Waals surface area contributed by atoms with E-state index in [0.29, 0.717) is 15.5 Å². The summed E-state index contributed by atoms with van der Waals surface area (Å²) in [4.78, 5) is 28.2. The zero-order chi connectivity index (χ0) is 22.4. The van der Waals surface area contributed by atoms with Crippen LogP contribution in [0.5, 0.6) is 5.75 Å². The maximum absolute atomic E-state index is 13.2. The number of phenols is 1. The van der Waals surface area contributed by atoms with Crippen LogP contribution in [0, 0.1) is 0 Å². The molecule has 7 heteroatoms. The van der Waals surface area contributed by atoms with E-state index < -0.39 is 17.7 Å². The zero-order valence-electron chi connectivity index (χ0n) is 17.0. The number of hydrogen-bond donors (Lipinski definition) is 2. The highest BCUT2D eigenvalue weighted by atomic mass is 35.5. The minimum absolute atomic E-state index is 0.00702. The van der Waals surface area contributed by atoms with E-state index in [1.807, 2.05) is 23.6 Å². The number of amides is 1. The zero-order valence-corrected chi connectivity index (χ0v) is 18.6. The first kappa shape index (κ1) is 20.8. The lowest BCUT2D eigenvalue weighted by atomic mass is 9.89. The van der Waals surface area contributed by atoms with Crippen LogP contribution in [-0.2, 0) is 22.4 Å². The van der Waals surface area contributed by atoms with Gasteiger partial charge in [-0.3, -0.25) is 14.5 Å². The molecule has 5 nitrogen and oxygen atoms in total. The number of carbonyl (C=O) groups excluding carboxylic acids is 2. The Morgan fingerprint density at radius 2 is 1.81 bits per heavy atom. The van der Waals surface area contributed by atoms with Crippen molar-refractivity contribution >= 4 is 46.1 Å². The van der Waals surface area contributed by atoms with Gasteiger partial charge >= 0.3 is 0 Å². The number of Topliss-reactive ketones (excluding diaryl/α,β-unsaturated/α-hetero) is 1. The van der Waals surface area contributed by atoms with Crippen LogP contribution in [0.1, 0.15) is 40.5 Å². The molecule has 2 N–H and O–H groups in total. The minimum Gasteiger partial charge on any atom is -0.507 e. The summed E-state index contributed by atoms with van der Waals surface area (Å²) in [5, 5.41) is 23.9. The number of hydrogen-bond acceptors (Lipinski definition) is 5. The molecular formula is C25H20ClNO4S. The summed E-state index contributed by atoms with van der Waals surface area (Å²) in [5.74, 6) is -2.00. The van der Waals surface area contributed by atoms with Gasteiger partial charge in [-0.05, 0) is 72.5 Å². The van der Waals surface area contributed by atoms with E-state index in [0.717, 1.165) is 31.2 Å². The normalized spacial score (nSPS) is 19.9. The van der Waals surface area contributed by atoms with Gasteiger partial charge in [0.15, 0.2) is 0 Å². The van der Waals surface area contributed by atoms with Crippen LogP contribution < -0.4 is 4.90 Å². The number of fused-ring (bicyclic) bond motifs is 1. The smallest absolute Gasteiger partial charge is 0.300 e. The highest BCUT2D eigenvalue weighted by Gasteiger charge is 2.48. The summed E-state index contributed by atoms with van der Waals surface area (Å²) in [6.45, 7) is 0.